The third-order valence-electron chi connectivity index (χ3n) is 36.6. The van der Waals surface area contributed by atoms with E-state index in [1.807, 2.05) is 18.7 Å². The molecule has 23 heteroatoms. The summed E-state index contributed by atoms with van der Waals surface area (Å²) >= 11 is 0. The molecule has 140 heavy (non-hydrogen) atoms. The average molecular weight is 1970 g/mol. The van der Waals surface area contributed by atoms with Crippen molar-refractivity contribution in [1.82, 2.24) is 88.2 Å². The van der Waals surface area contributed by atoms with Crippen molar-refractivity contribution in [3.8, 4) is 0 Å². The van der Waals surface area contributed by atoms with Crippen molar-refractivity contribution in [3.63, 3.8) is 0 Å². The van der Waals surface area contributed by atoms with Crippen LogP contribution in [0.3, 0.4) is 0 Å². The van der Waals surface area contributed by atoms with E-state index in [1.165, 1.54) is 310 Å². The lowest BCUT2D eigenvalue weighted by Gasteiger charge is -2.42. The molecular weight excluding hydrogens is 1740 g/mol. The smallest absolute Gasteiger partial charge is 0.261 e. The van der Waals surface area contributed by atoms with E-state index in [2.05, 4.69) is 283 Å². The molecule has 18 fully saturated rings. The van der Waals surface area contributed by atoms with Crippen LogP contribution in [0.4, 0.5) is 8.78 Å². The van der Waals surface area contributed by atoms with E-state index in [0.717, 1.165) is 131 Å². The highest BCUT2D eigenvalue weighted by molar-refractivity contribution is 5.78. The fourth-order valence-electron chi connectivity index (χ4n) is 26.4. The van der Waals surface area contributed by atoms with Crippen molar-refractivity contribution < 1.29 is 23.8 Å². The van der Waals surface area contributed by atoms with Crippen LogP contribution in [0.5, 0.6) is 0 Å². The highest BCUT2D eigenvalue weighted by atomic mass is 19.3. The third kappa shape index (κ3) is 38.6. The normalized spacial score (nSPS) is 30.8. The van der Waals surface area contributed by atoms with Crippen LogP contribution in [-0.4, -0.2) is 450 Å². The number of carbonyl (C=O) groups excluding carboxylic acids is 1. The second kappa shape index (κ2) is 59.0. The Morgan fingerprint density at radius 3 is 0.971 bits per heavy atom. The van der Waals surface area contributed by atoms with Gasteiger partial charge >= 0.3 is 0 Å². The lowest BCUT2D eigenvalue weighted by atomic mass is 9.66. The van der Waals surface area contributed by atoms with Gasteiger partial charge in [-0.15, -0.1) is 0 Å². The second-order valence-corrected chi connectivity index (χ2v) is 51.2. The molecule has 0 bridgehead atoms. The molecule has 1 saturated carbocycles. The first-order valence-electron chi connectivity index (χ1n) is 58.8. The van der Waals surface area contributed by atoms with Gasteiger partial charge < -0.3 is 54.3 Å². The van der Waals surface area contributed by atoms with Crippen LogP contribution in [0.25, 0.3) is 0 Å². The number of carbonyl (C=O) groups is 1. The van der Waals surface area contributed by atoms with Gasteiger partial charge in [0.15, 0.2) is 0 Å². The molecule has 19 aliphatic rings. The molecule has 20 rings (SSSR count). The quantitative estimate of drug-likeness (QED) is 0.173. The number of halogens is 2. The summed E-state index contributed by atoms with van der Waals surface area (Å²) in [5.74, 6) is -0.163. The van der Waals surface area contributed by atoms with Crippen molar-refractivity contribution >= 4 is 5.91 Å². The number of alkyl halides is 2. The Morgan fingerprint density at radius 1 is 0.307 bits per heavy atom. The van der Waals surface area contributed by atoms with Crippen LogP contribution < -0.4 is 0 Å². The standard InChI is InChI=1S/2C12H24N2.3C11H22N2.C11H15N.C10H20N2.C10H19NO.C8H17NO.C7H13F2N.C7H13NO.C7H15N/c1-11(2)14-9-6-12(10-14)4-7-13(3)8-5-12;1-11(2)14-9-6-12(10-14)13-7-4-3-5-8-13;1-10(2)13-7-5-11(9-13)4-6-12(3)8-11;2*1-10(2)13-8-5-11(9-13)12-6-3-4-7-12;1-9(2)12-7-10-5-3-4-6-11(10)8-12;1-8(2)12-6-9-4-11(3)5-10(9)7-12;1-8(2)11-4-3-10(7-11)5-9(12)6-10;1-6(2)9-5-4-8(10)7(9)3;1-6(2)10-4-3-7(8,9)5-10;1-6(2)8-5-3-4-7(8)9;1-7(2)8-5-3-4-6-8/h11H,4-10H2,1-3H3;11-12H,3-10H2,1-2H3;10H,4-9H2,1-3H3;2*10-11H,3-9H2,1-2H3;3-6,9H,7-8H2,1-2H3;8-10H,4-7H2,1-3H3;8-9,12H,3-7H2,1-2H3;6-8,10H,4-5H2,1-3H3;6H,3-5H2,1-2H3;6H,3-5H2,1-2H3;7H,3-6H2,1-2H3/t;;;11-;;;;;7-,8-;;;/m...0....0.../s1. The van der Waals surface area contributed by atoms with Crippen molar-refractivity contribution in [2.24, 2.45) is 28.1 Å². The summed E-state index contributed by atoms with van der Waals surface area (Å²) in [4.78, 5) is 55.9. The number of aliphatic hydroxyl groups excluding tert-OH is 2. The molecule has 5 unspecified atom stereocenters. The fraction of sp³-hybridized carbons (Fsp3) is 0.940. The predicted octanol–water partition coefficient (Wildman–Crippen LogP) is 18.0. The Bertz CT molecular complexity index is 3430. The molecule has 0 radical (unpaired) electrons. The summed E-state index contributed by atoms with van der Waals surface area (Å²) in [6.07, 6.45) is 30.3. The molecule has 18 aliphatic heterocycles. The monoisotopic (exact) mass is 1970 g/mol. The van der Waals surface area contributed by atoms with Crippen LogP contribution in [0.1, 0.15) is 338 Å². The van der Waals surface area contributed by atoms with Gasteiger partial charge in [0.05, 0.1) is 18.8 Å². The van der Waals surface area contributed by atoms with Crippen LogP contribution >= 0.6 is 0 Å². The highest BCUT2D eigenvalue weighted by Gasteiger charge is 2.49. The number of hydrogen-bond acceptors (Lipinski definition) is 20. The molecule has 1 aromatic carbocycles. The predicted molar refractivity (Wildman–Crippen MR) is 590 cm³/mol. The van der Waals surface area contributed by atoms with Gasteiger partial charge in [0.1, 0.15) is 0 Å². The largest absolute Gasteiger partial charge is 0.393 e. The van der Waals surface area contributed by atoms with Gasteiger partial charge in [-0.1, -0.05) is 30.7 Å². The number of rotatable bonds is 15. The molecule has 0 aromatic heterocycles. The number of nitrogens with zero attached hydrogens (tertiary/aromatic N) is 18. The topological polar surface area (TPSA) is 116 Å². The molecule has 18 heterocycles. The Labute approximate surface area is 862 Å². The number of fused-ring (bicyclic) bond motifs is 2. The third-order valence-corrected chi connectivity index (χ3v) is 36.6. The first kappa shape index (κ1) is 121. The summed E-state index contributed by atoms with van der Waals surface area (Å²) in [6, 6.07) is 19.5. The van der Waals surface area contributed by atoms with E-state index in [9.17, 15) is 23.8 Å². The Balaban J connectivity index is 0.000000171. The zero-order valence-corrected chi connectivity index (χ0v) is 96.5. The molecule has 1 aliphatic carbocycles. The van der Waals surface area contributed by atoms with Gasteiger partial charge in [-0.3, -0.25) is 48.9 Å². The molecular formula is C117H226F2N18O3. The van der Waals surface area contributed by atoms with Crippen molar-refractivity contribution in [2.75, 3.05) is 231 Å². The maximum atomic E-state index is 12.5. The van der Waals surface area contributed by atoms with Crippen LogP contribution in [0.15, 0.2) is 24.3 Å². The minimum absolute atomic E-state index is 0.0112. The summed E-state index contributed by atoms with van der Waals surface area (Å²) in [7, 11) is 6.76. The number of amides is 1. The van der Waals surface area contributed by atoms with Crippen LogP contribution in [0.2, 0.25) is 0 Å². The van der Waals surface area contributed by atoms with Gasteiger partial charge in [-0.25, -0.2) is 8.78 Å². The van der Waals surface area contributed by atoms with E-state index in [1.54, 1.807) is 4.90 Å². The molecule has 816 valence electrons. The highest BCUT2D eigenvalue weighted by Crippen LogP contribution is 2.49. The summed E-state index contributed by atoms with van der Waals surface area (Å²) in [5.41, 5.74) is 4.89. The van der Waals surface area contributed by atoms with E-state index >= 15 is 0 Å². The lowest BCUT2D eigenvalue weighted by molar-refractivity contribution is -0.129. The van der Waals surface area contributed by atoms with Crippen molar-refractivity contribution in [2.45, 2.75) is 455 Å². The molecule has 3 spiro atoms. The molecule has 21 nitrogen and oxygen atoms in total. The van der Waals surface area contributed by atoms with Gasteiger partial charge in [0.2, 0.25) is 5.91 Å². The summed E-state index contributed by atoms with van der Waals surface area (Å²) in [6.45, 7) is 97.7. The van der Waals surface area contributed by atoms with E-state index in [0.29, 0.717) is 58.9 Å². The minimum Gasteiger partial charge on any atom is -0.393 e. The van der Waals surface area contributed by atoms with Gasteiger partial charge in [-0.05, 0) is 460 Å². The fourth-order valence-corrected chi connectivity index (χ4v) is 26.4. The molecule has 2 N–H and O–H groups in total. The van der Waals surface area contributed by atoms with E-state index in [4.69, 9.17) is 0 Å². The van der Waals surface area contributed by atoms with Gasteiger partial charge in [0, 0.05) is 234 Å². The summed E-state index contributed by atoms with van der Waals surface area (Å²) in [5, 5.41) is 18.7. The number of likely N-dealkylation sites (tertiary alicyclic amines) is 17. The maximum Gasteiger partial charge on any atom is 0.261 e. The Morgan fingerprint density at radius 2 is 0.664 bits per heavy atom. The molecule has 8 atom stereocenters. The SMILES string of the molecule is CC(C)N1CC2CN(C)CC2C1.CC(C)N1CCC(F)(F)C1.CC(C)N1CCC(N2CCCC2)C1.CC(C)N1CCC(N2CCCCC2)C1.CC(C)N1CCC2(CC(O)C2)C1.CC(C)N1CCC2(CCN(C)C2)C1.CC(C)N1CCC2(CCN(C)CC2)C1.CC(C)N1CCCC1.CC(C)N1CCCC1=O.CC(C)N1CC[C@H](N2CCCC2)C1.CC(C)N1CC[C@H](O)[C@@H]1C.CC(C)N1Cc2ccccc2C1. The number of hydrogen-bond donors (Lipinski definition) is 2. The molecule has 1 aromatic rings. The van der Waals surface area contributed by atoms with Crippen molar-refractivity contribution in [3.05, 3.63) is 35.4 Å². The maximum absolute atomic E-state index is 12.5. The Hall–Kier alpha value is -2.21. The zero-order chi connectivity index (χ0) is 103. The van der Waals surface area contributed by atoms with E-state index < -0.39 is 5.92 Å². The number of benzene rings is 1. The summed E-state index contributed by atoms with van der Waals surface area (Å²) < 4.78 is 25.0. The van der Waals surface area contributed by atoms with Crippen LogP contribution in [0, 0.1) is 28.1 Å². The molecule has 17 saturated heterocycles. The first-order chi connectivity index (χ1) is 66.2. The van der Waals surface area contributed by atoms with Gasteiger partial charge in [-0.2, -0.15) is 0 Å². The minimum atomic E-state index is -2.43. The van der Waals surface area contributed by atoms with Crippen LogP contribution in [-0.2, 0) is 17.9 Å². The zero-order valence-electron chi connectivity index (χ0n) is 96.5. The molecule has 1 amide bonds. The first-order valence-corrected chi connectivity index (χ1v) is 58.8. The van der Waals surface area contributed by atoms with Gasteiger partial charge in [0.25, 0.3) is 5.92 Å². The van der Waals surface area contributed by atoms with E-state index in [-0.39, 0.29) is 31.2 Å². The lowest BCUT2D eigenvalue weighted by Crippen LogP contribution is -2.43. The van der Waals surface area contributed by atoms with Crippen molar-refractivity contribution in [1.29, 1.82) is 0 Å². The average Bonchev–Trinajstić information content (AvgIpc) is 1.53. The second-order valence-electron chi connectivity index (χ2n) is 51.2. The number of piperidine rings is 2. The number of aliphatic hydroxyl groups is 2. The Kier molecular flexibility index (Phi) is 51.1.